The number of aliphatic hydroxyl groups excluding tert-OH is 2. The van der Waals surface area contributed by atoms with Crippen molar-refractivity contribution in [3.8, 4) is 34.3 Å². The van der Waals surface area contributed by atoms with E-state index < -0.39 is 6.10 Å². The molecule has 2 aromatic carbocycles. The summed E-state index contributed by atoms with van der Waals surface area (Å²) in [5.74, 6) is 0.436. The summed E-state index contributed by atoms with van der Waals surface area (Å²) in [6.07, 6.45) is 2.22. The quantitative estimate of drug-likeness (QED) is 0.477. The van der Waals surface area contributed by atoms with E-state index in [1.165, 1.54) is 11.1 Å². The monoisotopic (exact) mass is 431 g/mol. The van der Waals surface area contributed by atoms with Crippen LogP contribution in [0, 0.1) is 0 Å². The van der Waals surface area contributed by atoms with Gasteiger partial charge in [-0.1, -0.05) is 24.3 Å². The lowest BCUT2D eigenvalue weighted by atomic mass is 10.1. The van der Waals surface area contributed by atoms with Crippen molar-refractivity contribution < 1.29 is 19.4 Å². The van der Waals surface area contributed by atoms with Crippen LogP contribution in [-0.2, 0) is 0 Å². The van der Waals surface area contributed by atoms with Gasteiger partial charge in [-0.05, 0) is 29.8 Å². The number of rotatable bonds is 6. The second-order valence-corrected chi connectivity index (χ2v) is 7.30. The number of hydrogen-bond donors (Lipinski definition) is 2. The van der Waals surface area contributed by atoms with Crippen molar-refractivity contribution in [1.29, 1.82) is 0 Å². The zero-order chi connectivity index (χ0) is 22.7. The summed E-state index contributed by atoms with van der Waals surface area (Å²) in [4.78, 5) is 22.4. The number of amides is 1. The van der Waals surface area contributed by atoms with Crippen molar-refractivity contribution >= 4 is 5.91 Å². The van der Waals surface area contributed by atoms with E-state index in [0.717, 1.165) is 5.56 Å². The number of carbonyl (C=O) groups is 1. The minimum atomic E-state index is -0.935. The van der Waals surface area contributed by atoms with Crippen LogP contribution in [0.2, 0.25) is 0 Å². The first-order chi connectivity index (χ1) is 15.5. The number of nitrogens with zero attached hydrogens (tertiary/aromatic N) is 5. The van der Waals surface area contributed by atoms with E-state index in [1.54, 1.807) is 56.7 Å². The molecule has 0 aliphatic rings. The number of hydrogen-bond acceptors (Lipinski definition) is 8. The van der Waals surface area contributed by atoms with Gasteiger partial charge >= 0.3 is 0 Å². The molecular formula is C23H21N5O4. The van der Waals surface area contributed by atoms with Crippen LogP contribution in [0.3, 0.4) is 0 Å². The topological polar surface area (TPSA) is 125 Å². The predicted octanol–water partition coefficient (Wildman–Crippen LogP) is 2.59. The van der Waals surface area contributed by atoms with Crippen LogP contribution in [0.15, 0.2) is 65.3 Å². The molecule has 162 valence electrons. The van der Waals surface area contributed by atoms with E-state index in [4.69, 9.17) is 9.52 Å². The Bertz CT molecular complexity index is 1220. The van der Waals surface area contributed by atoms with Crippen LogP contribution in [-0.4, -0.2) is 61.9 Å². The minimum Gasteiger partial charge on any atom is -0.415 e. The number of carbonyl (C=O) groups excluding carboxylic acids is 1. The third-order valence-electron chi connectivity index (χ3n) is 4.83. The Kier molecular flexibility index (Phi) is 6.02. The van der Waals surface area contributed by atoms with Crippen molar-refractivity contribution in [1.82, 2.24) is 25.1 Å². The first-order valence-electron chi connectivity index (χ1n) is 9.83. The summed E-state index contributed by atoms with van der Waals surface area (Å²) >= 11 is 0. The third kappa shape index (κ3) is 4.39. The average Bonchev–Trinajstić information content (AvgIpc) is 3.34. The smallest absolute Gasteiger partial charge is 0.268 e. The molecule has 1 atom stereocenters. The van der Waals surface area contributed by atoms with Gasteiger partial charge in [0, 0.05) is 30.8 Å². The molecule has 0 fully saturated rings. The normalized spacial score (nSPS) is 11.9. The summed E-state index contributed by atoms with van der Waals surface area (Å²) in [7, 11) is 3.41. The van der Waals surface area contributed by atoms with Gasteiger partial charge in [0.1, 0.15) is 11.8 Å². The summed E-state index contributed by atoms with van der Waals surface area (Å²) in [6, 6.07) is 13.9. The molecule has 2 N–H and O–H groups in total. The molecule has 2 aromatic heterocycles. The molecule has 0 radical (unpaired) electrons. The Morgan fingerprint density at radius 3 is 2.22 bits per heavy atom. The van der Waals surface area contributed by atoms with Crippen molar-refractivity contribution in [3.63, 3.8) is 0 Å². The Hall–Kier alpha value is -3.95. The summed E-state index contributed by atoms with van der Waals surface area (Å²) in [6.45, 7) is -0.353. The molecule has 0 spiro atoms. The fraction of sp³-hybridized carbons (Fsp3) is 0.174. The fourth-order valence-corrected chi connectivity index (χ4v) is 3.05. The summed E-state index contributed by atoms with van der Waals surface area (Å²) in [5.41, 5.74) is 3.67. The van der Waals surface area contributed by atoms with Gasteiger partial charge in [-0.2, -0.15) is 0 Å². The highest BCUT2D eigenvalue weighted by atomic mass is 16.4. The van der Waals surface area contributed by atoms with E-state index in [-0.39, 0.29) is 18.4 Å². The molecule has 4 rings (SSSR count). The molecule has 0 aliphatic heterocycles. The van der Waals surface area contributed by atoms with Gasteiger partial charge in [0.25, 0.3) is 11.8 Å². The summed E-state index contributed by atoms with van der Waals surface area (Å²) in [5, 5.41) is 26.9. The molecule has 4 aromatic rings. The molecule has 0 saturated carbocycles. The maximum atomic E-state index is 12.1. The van der Waals surface area contributed by atoms with Gasteiger partial charge in [0.2, 0.25) is 5.89 Å². The molecule has 9 heteroatoms. The second-order valence-electron chi connectivity index (χ2n) is 7.30. The Morgan fingerprint density at radius 2 is 1.56 bits per heavy atom. The van der Waals surface area contributed by atoms with E-state index in [1.807, 2.05) is 12.1 Å². The second kappa shape index (κ2) is 9.04. The number of aliphatic hydroxyl groups is 2. The van der Waals surface area contributed by atoms with Gasteiger partial charge in [0.15, 0.2) is 0 Å². The van der Waals surface area contributed by atoms with E-state index in [0.29, 0.717) is 34.0 Å². The molecule has 32 heavy (non-hydrogen) atoms. The van der Waals surface area contributed by atoms with Crippen molar-refractivity contribution in [2.75, 3.05) is 20.7 Å². The van der Waals surface area contributed by atoms with E-state index in [2.05, 4.69) is 20.2 Å². The Morgan fingerprint density at radius 1 is 0.938 bits per heavy atom. The fourth-order valence-electron chi connectivity index (χ4n) is 3.05. The molecule has 0 aliphatic carbocycles. The first-order valence-corrected chi connectivity index (χ1v) is 9.83. The van der Waals surface area contributed by atoms with E-state index >= 15 is 0 Å². The lowest BCUT2D eigenvalue weighted by Crippen LogP contribution is -2.21. The zero-order valence-electron chi connectivity index (χ0n) is 17.5. The highest BCUT2D eigenvalue weighted by Gasteiger charge is 2.15. The third-order valence-corrected chi connectivity index (χ3v) is 4.83. The predicted molar refractivity (Wildman–Crippen MR) is 116 cm³/mol. The maximum Gasteiger partial charge on any atom is 0.268 e. The van der Waals surface area contributed by atoms with Crippen molar-refractivity contribution in [2.24, 2.45) is 0 Å². The van der Waals surface area contributed by atoms with Gasteiger partial charge in [-0.15, -0.1) is 10.2 Å². The van der Waals surface area contributed by atoms with Crippen LogP contribution in [0.5, 0.6) is 0 Å². The first kappa shape index (κ1) is 21.3. The van der Waals surface area contributed by atoms with Gasteiger partial charge in [-0.25, -0.2) is 4.98 Å². The largest absolute Gasteiger partial charge is 0.415 e. The average molecular weight is 431 g/mol. The van der Waals surface area contributed by atoms with Crippen LogP contribution in [0.4, 0.5) is 0 Å². The highest BCUT2D eigenvalue weighted by molar-refractivity contribution is 5.94. The number of aromatic nitrogens is 4. The van der Waals surface area contributed by atoms with Crippen LogP contribution in [0.25, 0.3) is 34.3 Å². The molecule has 9 nitrogen and oxygen atoms in total. The lowest BCUT2D eigenvalue weighted by molar-refractivity contribution is 0.0827. The highest BCUT2D eigenvalue weighted by Crippen LogP contribution is 2.26. The zero-order valence-corrected chi connectivity index (χ0v) is 17.5. The summed E-state index contributed by atoms with van der Waals surface area (Å²) < 4.78 is 5.76. The molecule has 0 saturated heterocycles. The van der Waals surface area contributed by atoms with Gasteiger partial charge < -0.3 is 19.5 Å². The molecule has 1 unspecified atom stereocenters. The van der Waals surface area contributed by atoms with Crippen LogP contribution >= 0.6 is 0 Å². The Balaban J connectivity index is 1.57. The number of benzene rings is 2. The molecule has 1 amide bonds. The van der Waals surface area contributed by atoms with Crippen LogP contribution < -0.4 is 0 Å². The molecule has 0 bridgehead atoms. The van der Waals surface area contributed by atoms with Crippen molar-refractivity contribution in [2.45, 2.75) is 6.10 Å². The maximum absolute atomic E-state index is 12.1. The van der Waals surface area contributed by atoms with E-state index in [9.17, 15) is 9.90 Å². The lowest BCUT2D eigenvalue weighted by Gasteiger charge is -2.10. The SMILES string of the molecule is CN(C)C(=O)c1ccc(-c2cncc(-c3nnc(-c4ccc(C(O)CO)cc4)o3)n2)cc1. The van der Waals surface area contributed by atoms with Crippen molar-refractivity contribution in [3.05, 3.63) is 72.1 Å². The van der Waals surface area contributed by atoms with Gasteiger partial charge in [-0.3, -0.25) is 9.78 Å². The molecule has 2 heterocycles. The minimum absolute atomic E-state index is 0.0753. The Labute approximate surface area is 184 Å². The van der Waals surface area contributed by atoms with Crippen LogP contribution in [0.1, 0.15) is 22.0 Å². The van der Waals surface area contributed by atoms with Gasteiger partial charge in [0.05, 0.1) is 24.7 Å². The standard InChI is InChI=1S/C23H21N5O4/c1-28(2)23(31)17-9-3-14(4-10-17)18-11-24-12-19(25-18)22-27-26-21(32-22)16-7-5-15(6-8-16)20(30)13-29/h3-12,20,29-30H,13H2,1-2H3. The molecular weight excluding hydrogens is 410 g/mol.